The Morgan fingerprint density at radius 3 is 2.30 bits per heavy atom. The van der Waals surface area contributed by atoms with Crippen LogP contribution in [0.3, 0.4) is 0 Å². The molecule has 2 aromatic rings. The summed E-state index contributed by atoms with van der Waals surface area (Å²) in [4.78, 5) is 13.8. The average molecular weight is 288 g/mol. The van der Waals surface area contributed by atoms with Crippen LogP contribution >= 0.6 is 11.3 Å². The second kappa shape index (κ2) is 5.67. The Labute approximate surface area is 124 Å². The lowest BCUT2D eigenvalue weighted by Gasteiger charge is -2.12. The maximum Gasteiger partial charge on any atom is 0.256 e. The van der Waals surface area contributed by atoms with Crippen LogP contribution in [0.15, 0.2) is 29.6 Å². The third-order valence-electron chi connectivity index (χ3n) is 3.33. The number of anilines is 1. The van der Waals surface area contributed by atoms with E-state index in [-0.39, 0.29) is 5.91 Å². The lowest BCUT2D eigenvalue weighted by atomic mass is 9.98. The molecule has 2 N–H and O–H groups in total. The highest BCUT2D eigenvalue weighted by molar-refractivity contribution is 7.15. The zero-order valence-electron chi connectivity index (χ0n) is 12.3. The third kappa shape index (κ3) is 2.70. The average Bonchev–Trinajstić information content (AvgIpc) is 2.79. The number of nitrogens with two attached hydrogens (primary N) is 1. The molecular formula is C16H20N2OS. The van der Waals surface area contributed by atoms with Gasteiger partial charge in [0.2, 0.25) is 0 Å². The van der Waals surface area contributed by atoms with Crippen molar-refractivity contribution in [1.29, 1.82) is 0 Å². The fourth-order valence-electron chi connectivity index (χ4n) is 2.08. The van der Waals surface area contributed by atoms with Crippen LogP contribution in [-0.4, -0.2) is 24.9 Å². The van der Waals surface area contributed by atoms with Gasteiger partial charge in [0.15, 0.2) is 0 Å². The molecule has 1 amide bonds. The monoisotopic (exact) mass is 288 g/mol. The van der Waals surface area contributed by atoms with Crippen LogP contribution in [-0.2, 0) is 0 Å². The minimum Gasteiger partial charge on any atom is -0.390 e. The fraction of sp³-hybridized carbons (Fsp3) is 0.312. The van der Waals surface area contributed by atoms with Crippen molar-refractivity contribution >= 4 is 22.2 Å². The van der Waals surface area contributed by atoms with Crippen LogP contribution in [0.5, 0.6) is 0 Å². The first-order valence-corrected chi connectivity index (χ1v) is 7.48. The molecule has 0 aliphatic rings. The molecule has 2 rings (SSSR count). The summed E-state index contributed by atoms with van der Waals surface area (Å²) in [5.41, 5.74) is 9.82. The molecule has 0 spiro atoms. The van der Waals surface area contributed by atoms with Gasteiger partial charge in [-0.2, -0.15) is 0 Å². The molecule has 0 aliphatic carbocycles. The molecule has 0 aliphatic heterocycles. The molecule has 0 fully saturated rings. The van der Waals surface area contributed by atoms with E-state index in [1.54, 1.807) is 19.0 Å². The van der Waals surface area contributed by atoms with Gasteiger partial charge in [0.05, 0.1) is 10.6 Å². The van der Waals surface area contributed by atoms with E-state index in [9.17, 15) is 4.79 Å². The zero-order chi connectivity index (χ0) is 14.9. The van der Waals surface area contributed by atoms with E-state index in [4.69, 9.17) is 5.73 Å². The SMILES string of the molecule is CC(C)c1ccc(-c2csc(N)c2C(=O)N(C)C)cc1. The lowest BCUT2D eigenvalue weighted by Crippen LogP contribution is -2.22. The zero-order valence-corrected chi connectivity index (χ0v) is 13.1. The predicted octanol–water partition coefficient (Wildman–Crippen LogP) is 3.82. The summed E-state index contributed by atoms with van der Waals surface area (Å²) in [5.74, 6) is 0.450. The number of carbonyl (C=O) groups excluding carboxylic acids is 1. The molecule has 20 heavy (non-hydrogen) atoms. The molecule has 1 heterocycles. The Hall–Kier alpha value is -1.81. The molecule has 0 atom stereocenters. The summed E-state index contributed by atoms with van der Waals surface area (Å²) in [6.07, 6.45) is 0. The van der Waals surface area contributed by atoms with Gasteiger partial charge in [-0.05, 0) is 17.0 Å². The van der Waals surface area contributed by atoms with Gasteiger partial charge in [0, 0.05) is 25.0 Å². The Balaban J connectivity index is 2.46. The van der Waals surface area contributed by atoms with Crippen LogP contribution in [0, 0.1) is 0 Å². The van der Waals surface area contributed by atoms with Gasteiger partial charge in [0.1, 0.15) is 0 Å². The Morgan fingerprint density at radius 2 is 1.80 bits per heavy atom. The highest BCUT2D eigenvalue weighted by atomic mass is 32.1. The van der Waals surface area contributed by atoms with Crippen LogP contribution in [0.25, 0.3) is 11.1 Å². The van der Waals surface area contributed by atoms with Gasteiger partial charge < -0.3 is 10.6 Å². The van der Waals surface area contributed by atoms with Crippen molar-refractivity contribution in [3.8, 4) is 11.1 Å². The molecule has 1 aromatic carbocycles. The van der Waals surface area contributed by atoms with Crippen molar-refractivity contribution in [3.63, 3.8) is 0 Å². The van der Waals surface area contributed by atoms with Gasteiger partial charge in [-0.3, -0.25) is 4.79 Å². The molecule has 3 nitrogen and oxygen atoms in total. The summed E-state index contributed by atoms with van der Waals surface area (Å²) in [5, 5.41) is 2.53. The van der Waals surface area contributed by atoms with Gasteiger partial charge in [-0.25, -0.2) is 0 Å². The van der Waals surface area contributed by atoms with E-state index in [1.165, 1.54) is 16.9 Å². The molecule has 106 valence electrons. The number of amides is 1. The number of carbonyl (C=O) groups is 1. The Bertz CT molecular complexity index is 612. The molecule has 0 saturated carbocycles. The summed E-state index contributed by atoms with van der Waals surface area (Å²) in [6.45, 7) is 4.33. The maximum atomic E-state index is 12.2. The van der Waals surface area contributed by atoms with E-state index in [0.29, 0.717) is 16.5 Å². The van der Waals surface area contributed by atoms with Crippen molar-refractivity contribution in [2.24, 2.45) is 0 Å². The van der Waals surface area contributed by atoms with E-state index >= 15 is 0 Å². The minimum atomic E-state index is -0.0494. The fourth-order valence-corrected chi connectivity index (χ4v) is 2.89. The van der Waals surface area contributed by atoms with Crippen molar-refractivity contribution in [1.82, 2.24) is 4.90 Å². The second-order valence-electron chi connectivity index (χ2n) is 5.36. The minimum absolute atomic E-state index is 0.0494. The van der Waals surface area contributed by atoms with Crippen molar-refractivity contribution in [2.75, 3.05) is 19.8 Å². The van der Waals surface area contributed by atoms with E-state index < -0.39 is 0 Å². The van der Waals surface area contributed by atoms with Gasteiger partial charge >= 0.3 is 0 Å². The smallest absolute Gasteiger partial charge is 0.256 e. The largest absolute Gasteiger partial charge is 0.390 e. The van der Waals surface area contributed by atoms with Crippen LogP contribution < -0.4 is 5.73 Å². The molecule has 0 unspecified atom stereocenters. The summed E-state index contributed by atoms with van der Waals surface area (Å²) in [6, 6.07) is 8.34. The molecule has 0 bridgehead atoms. The standard InChI is InChI=1S/C16H20N2OS/c1-10(2)11-5-7-12(8-6-11)13-9-20-15(17)14(13)16(19)18(3)4/h5-10H,17H2,1-4H3. The van der Waals surface area contributed by atoms with Crippen LogP contribution in [0.2, 0.25) is 0 Å². The van der Waals surface area contributed by atoms with E-state index in [0.717, 1.165) is 11.1 Å². The van der Waals surface area contributed by atoms with E-state index in [1.807, 2.05) is 5.38 Å². The number of hydrogen-bond acceptors (Lipinski definition) is 3. The van der Waals surface area contributed by atoms with Crippen molar-refractivity contribution < 1.29 is 4.79 Å². The first-order valence-electron chi connectivity index (χ1n) is 6.60. The maximum absolute atomic E-state index is 12.2. The Kier molecular flexibility index (Phi) is 4.14. The van der Waals surface area contributed by atoms with E-state index in [2.05, 4.69) is 38.1 Å². The highest BCUT2D eigenvalue weighted by Crippen LogP contribution is 2.34. The highest BCUT2D eigenvalue weighted by Gasteiger charge is 2.20. The molecule has 0 saturated heterocycles. The van der Waals surface area contributed by atoms with Crippen LogP contribution in [0.4, 0.5) is 5.00 Å². The first-order chi connectivity index (χ1) is 9.41. The number of nitrogen functional groups attached to an aromatic ring is 1. The number of thiophene rings is 1. The van der Waals surface area contributed by atoms with Crippen molar-refractivity contribution in [3.05, 3.63) is 40.8 Å². The van der Waals surface area contributed by atoms with Crippen LogP contribution in [0.1, 0.15) is 35.7 Å². The van der Waals surface area contributed by atoms with Gasteiger partial charge in [-0.1, -0.05) is 38.1 Å². The molecule has 1 aromatic heterocycles. The van der Waals surface area contributed by atoms with Crippen molar-refractivity contribution in [2.45, 2.75) is 19.8 Å². The second-order valence-corrected chi connectivity index (χ2v) is 6.28. The number of rotatable bonds is 3. The number of nitrogens with zero attached hydrogens (tertiary/aromatic N) is 1. The summed E-state index contributed by atoms with van der Waals surface area (Å²) >= 11 is 1.41. The summed E-state index contributed by atoms with van der Waals surface area (Å²) in [7, 11) is 3.48. The molecular weight excluding hydrogens is 268 g/mol. The topological polar surface area (TPSA) is 46.3 Å². The lowest BCUT2D eigenvalue weighted by molar-refractivity contribution is 0.0830. The summed E-state index contributed by atoms with van der Waals surface area (Å²) < 4.78 is 0. The normalized spacial score (nSPS) is 10.8. The third-order valence-corrected chi connectivity index (χ3v) is 4.14. The van der Waals surface area contributed by atoms with Gasteiger partial charge in [0.25, 0.3) is 5.91 Å². The first kappa shape index (κ1) is 14.6. The number of hydrogen-bond donors (Lipinski definition) is 1. The quantitative estimate of drug-likeness (QED) is 0.933. The molecule has 4 heteroatoms. The predicted molar refractivity (Wildman–Crippen MR) is 86.3 cm³/mol. The van der Waals surface area contributed by atoms with Gasteiger partial charge in [-0.15, -0.1) is 11.3 Å². The number of benzene rings is 1. The molecule has 0 radical (unpaired) electrons. The Morgan fingerprint density at radius 1 is 1.20 bits per heavy atom.